The molecule has 4 nitrogen and oxygen atoms in total. The Kier molecular flexibility index (Phi) is 3.26. The number of aromatic nitrogens is 2. The fraction of sp³-hybridized carbons (Fsp3) is 0.727. The quantitative estimate of drug-likeness (QED) is 0.709. The Balaban J connectivity index is 1.88. The normalized spacial score (nSPS) is 15.8. The number of imidazole rings is 1. The summed E-state index contributed by atoms with van der Waals surface area (Å²) in [6.07, 6.45) is 7.19. The lowest BCUT2D eigenvalue weighted by atomic mass is 10.4. The molecule has 1 N–H and O–H groups in total. The minimum Gasteiger partial charge on any atom is -0.317 e. The number of hydrogen-bond acceptors (Lipinski definition) is 2. The molecule has 0 amide bonds. The third-order valence-corrected chi connectivity index (χ3v) is 2.82. The molecule has 1 heterocycles. The molecule has 1 aliphatic carbocycles. The van der Waals surface area contributed by atoms with Crippen molar-refractivity contribution in [2.24, 2.45) is 0 Å². The highest BCUT2D eigenvalue weighted by molar-refractivity contribution is 4.91. The highest BCUT2D eigenvalue weighted by Crippen LogP contribution is 2.33. The van der Waals surface area contributed by atoms with Crippen LogP contribution in [0.4, 0.5) is 0 Å². The lowest BCUT2D eigenvalue weighted by Gasteiger charge is -2.02. The van der Waals surface area contributed by atoms with E-state index in [1.807, 2.05) is 21.5 Å². The van der Waals surface area contributed by atoms with Crippen molar-refractivity contribution in [3.05, 3.63) is 22.9 Å². The fourth-order valence-electron chi connectivity index (χ4n) is 1.78. The van der Waals surface area contributed by atoms with Crippen molar-refractivity contribution in [2.45, 2.75) is 38.8 Å². The zero-order valence-corrected chi connectivity index (χ0v) is 9.28. The second kappa shape index (κ2) is 4.66. The van der Waals surface area contributed by atoms with Gasteiger partial charge in [-0.25, -0.2) is 4.79 Å². The van der Waals surface area contributed by atoms with Crippen LogP contribution in [0.5, 0.6) is 0 Å². The van der Waals surface area contributed by atoms with Gasteiger partial charge in [0.25, 0.3) is 0 Å². The van der Waals surface area contributed by atoms with Gasteiger partial charge in [-0.1, -0.05) is 6.92 Å². The highest BCUT2D eigenvalue weighted by Gasteiger charge is 2.25. The van der Waals surface area contributed by atoms with Gasteiger partial charge in [-0.05, 0) is 32.4 Å². The maximum absolute atomic E-state index is 11.8. The molecular weight excluding hydrogens is 190 g/mol. The Bertz CT molecular complexity index is 362. The summed E-state index contributed by atoms with van der Waals surface area (Å²) in [6, 6.07) is 0.493. The van der Waals surface area contributed by atoms with Crippen molar-refractivity contribution in [3.8, 4) is 0 Å². The second-order valence-corrected chi connectivity index (χ2v) is 4.12. The standard InChI is InChI=1S/C11H19N3O/c1-2-12-6-3-7-13-8-9-14(11(13)15)10-4-5-10/h8-10,12H,2-7H2,1H3. The monoisotopic (exact) mass is 209 g/mol. The van der Waals surface area contributed by atoms with Gasteiger partial charge in [0.05, 0.1) is 0 Å². The molecule has 0 bridgehead atoms. The average molecular weight is 209 g/mol. The summed E-state index contributed by atoms with van der Waals surface area (Å²) in [6.45, 7) is 4.90. The summed E-state index contributed by atoms with van der Waals surface area (Å²) in [5, 5.41) is 3.26. The van der Waals surface area contributed by atoms with Gasteiger partial charge in [-0.15, -0.1) is 0 Å². The van der Waals surface area contributed by atoms with Gasteiger partial charge in [0.2, 0.25) is 0 Å². The molecule has 4 heteroatoms. The number of nitrogens with one attached hydrogen (secondary N) is 1. The summed E-state index contributed by atoms with van der Waals surface area (Å²) in [7, 11) is 0. The van der Waals surface area contributed by atoms with Crippen LogP contribution in [0.25, 0.3) is 0 Å². The Labute approximate surface area is 89.9 Å². The number of rotatable bonds is 6. The molecule has 1 fully saturated rings. The van der Waals surface area contributed by atoms with E-state index >= 15 is 0 Å². The van der Waals surface area contributed by atoms with Crippen LogP contribution in [-0.4, -0.2) is 22.2 Å². The van der Waals surface area contributed by atoms with Gasteiger partial charge in [-0.3, -0.25) is 9.13 Å². The minimum atomic E-state index is 0.161. The predicted molar refractivity (Wildman–Crippen MR) is 60.1 cm³/mol. The van der Waals surface area contributed by atoms with Gasteiger partial charge >= 0.3 is 5.69 Å². The lowest BCUT2D eigenvalue weighted by Crippen LogP contribution is -2.25. The maximum Gasteiger partial charge on any atom is 0.328 e. The van der Waals surface area contributed by atoms with Gasteiger partial charge in [0.15, 0.2) is 0 Å². The Morgan fingerprint density at radius 1 is 1.47 bits per heavy atom. The van der Waals surface area contributed by atoms with Crippen LogP contribution in [0.15, 0.2) is 17.2 Å². The predicted octanol–water partition coefficient (Wildman–Crippen LogP) is 0.984. The first-order valence-electron chi connectivity index (χ1n) is 5.81. The van der Waals surface area contributed by atoms with Crippen molar-refractivity contribution in [1.29, 1.82) is 0 Å². The first-order valence-corrected chi connectivity index (χ1v) is 5.81. The van der Waals surface area contributed by atoms with E-state index in [1.165, 1.54) is 12.8 Å². The molecule has 0 aliphatic heterocycles. The van der Waals surface area contributed by atoms with Gasteiger partial charge < -0.3 is 5.32 Å². The third kappa shape index (κ3) is 2.50. The molecule has 1 aromatic heterocycles. The van der Waals surface area contributed by atoms with E-state index in [-0.39, 0.29) is 5.69 Å². The number of aryl methyl sites for hydroxylation is 1. The van der Waals surface area contributed by atoms with E-state index < -0.39 is 0 Å². The largest absolute Gasteiger partial charge is 0.328 e. The molecule has 1 saturated carbocycles. The smallest absolute Gasteiger partial charge is 0.317 e. The number of nitrogens with zero attached hydrogens (tertiary/aromatic N) is 2. The highest BCUT2D eigenvalue weighted by atomic mass is 16.1. The zero-order chi connectivity index (χ0) is 10.7. The van der Waals surface area contributed by atoms with E-state index in [1.54, 1.807) is 0 Å². The SMILES string of the molecule is CCNCCCn1ccn(C2CC2)c1=O. The molecule has 0 unspecified atom stereocenters. The summed E-state index contributed by atoms with van der Waals surface area (Å²) in [5.74, 6) is 0. The van der Waals surface area contributed by atoms with Crippen molar-refractivity contribution in [1.82, 2.24) is 14.5 Å². The first kappa shape index (κ1) is 10.5. The van der Waals surface area contributed by atoms with Crippen LogP contribution < -0.4 is 11.0 Å². The van der Waals surface area contributed by atoms with E-state index in [0.717, 1.165) is 26.1 Å². The minimum absolute atomic E-state index is 0.161. The van der Waals surface area contributed by atoms with E-state index in [2.05, 4.69) is 12.2 Å². The third-order valence-electron chi connectivity index (χ3n) is 2.82. The maximum atomic E-state index is 11.8. The molecule has 0 saturated heterocycles. The van der Waals surface area contributed by atoms with Crippen LogP contribution in [-0.2, 0) is 6.54 Å². The Morgan fingerprint density at radius 2 is 2.27 bits per heavy atom. The van der Waals surface area contributed by atoms with Crippen molar-refractivity contribution < 1.29 is 0 Å². The Hall–Kier alpha value is -1.03. The van der Waals surface area contributed by atoms with Crippen LogP contribution in [0, 0.1) is 0 Å². The summed E-state index contributed by atoms with van der Waals surface area (Å²) < 4.78 is 3.68. The fourth-order valence-corrected chi connectivity index (χ4v) is 1.78. The molecule has 0 radical (unpaired) electrons. The lowest BCUT2D eigenvalue weighted by molar-refractivity contribution is 0.564. The van der Waals surface area contributed by atoms with E-state index in [9.17, 15) is 4.79 Å². The molecule has 0 aromatic carbocycles. The average Bonchev–Trinajstić information content (AvgIpc) is 3.00. The number of hydrogen-bond donors (Lipinski definition) is 1. The molecular formula is C11H19N3O. The van der Waals surface area contributed by atoms with E-state index in [0.29, 0.717) is 6.04 Å². The topological polar surface area (TPSA) is 39.0 Å². The molecule has 0 atom stereocenters. The van der Waals surface area contributed by atoms with Crippen LogP contribution in [0.1, 0.15) is 32.2 Å². The van der Waals surface area contributed by atoms with Crippen molar-refractivity contribution in [2.75, 3.05) is 13.1 Å². The van der Waals surface area contributed by atoms with Crippen molar-refractivity contribution >= 4 is 0 Å². The Morgan fingerprint density at radius 3 is 2.93 bits per heavy atom. The zero-order valence-electron chi connectivity index (χ0n) is 9.28. The van der Waals surface area contributed by atoms with Crippen LogP contribution in [0.2, 0.25) is 0 Å². The molecule has 1 aromatic rings. The van der Waals surface area contributed by atoms with E-state index in [4.69, 9.17) is 0 Å². The second-order valence-electron chi connectivity index (χ2n) is 4.12. The van der Waals surface area contributed by atoms with Gasteiger partial charge in [-0.2, -0.15) is 0 Å². The summed E-state index contributed by atoms with van der Waals surface area (Å²) >= 11 is 0. The van der Waals surface area contributed by atoms with Crippen molar-refractivity contribution in [3.63, 3.8) is 0 Å². The summed E-state index contributed by atoms with van der Waals surface area (Å²) in [5.41, 5.74) is 0.161. The van der Waals surface area contributed by atoms with Crippen LogP contribution >= 0.6 is 0 Å². The molecule has 0 spiro atoms. The molecule has 15 heavy (non-hydrogen) atoms. The molecule has 84 valence electrons. The van der Waals surface area contributed by atoms with Gasteiger partial charge in [0, 0.05) is 25.0 Å². The molecule has 1 aliphatic rings. The summed E-state index contributed by atoms with van der Waals surface area (Å²) in [4.78, 5) is 11.8. The van der Waals surface area contributed by atoms with Crippen LogP contribution in [0.3, 0.4) is 0 Å². The van der Waals surface area contributed by atoms with Gasteiger partial charge in [0.1, 0.15) is 0 Å². The molecule has 2 rings (SSSR count). The first-order chi connectivity index (χ1) is 7.33.